The fourth-order valence-corrected chi connectivity index (χ4v) is 3.52. The Labute approximate surface area is 113 Å². The van der Waals surface area contributed by atoms with Gasteiger partial charge in [-0.25, -0.2) is 8.42 Å². The normalized spacial score (nSPS) is 16.5. The van der Waals surface area contributed by atoms with E-state index in [4.69, 9.17) is 10.5 Å². The molecular formula is C13H18N2O3S. The number of hydrogen-bond acceptors (Lipinski definition) is 4. The Hall–Kier alpha value is -1.37. The highest BCUT2D eigenvalue weighted by molar-refractivity contribution is 7.89. The molecular weight excluding hydrogens is 264 g/mol. The molecule has 0 bridgehead atoms. The molecule has 6 heteroatoms. The molecule has 2 rings (SSSR count). The second kappa shape index (κ2) is 5.73. The minimum Gasteiger partial charge on any atom is -0.496 e. The summed E-state index contributed by atoms with van der Waals surface area (Å²) < 4.78 is 31.5. The van der Waals surface area contributed by atoms with Crippen LogP contribution in [-0.4, -0.2) is 32.9 Å². The van der Waals surface area contributed by atoms with Crippen molar-refractivity contribution in [2.24, 2.45) is 5.73 Å². The molecule has 0 radical (unpaired) electrons. The molecule has 104 valence electrons. The minimum absolute atomic E-state index is 0.242. The van der Waals surface area contributed by atoms with E-state index in [1.54, 1.807) is 18.2 Å². The molecule has 1 aliphatic rings. The lowest BCUT2D eigenvalue weighted by Gasteiger charge is -2.23. The zero-order valence-electron chi connectivity index (χ0n) is 10.9. The second-order valence-corrected chi connectivity index (χ2v) is 6.24. The summed E-state index contributed by atoms with van der Waals surface area (Å²) in [4.78, 5) is 0.268. The van der Waals surface area contributed by atoms with Crippen LogP contribution in [0.2, 0.25) is 0 Å². The average Bonchev–Trinajstić information content (AvgIpc) is 2.47. The molecule has 0 spiro atoms. The van der Waals surface area contributed by atoms with Gasteiger partial charge in [-0.1, -0.05) is 12.2 Å². The maximum atomic E-state index is 12.5. The van der Waals surface area contributed by atoms with E-state index < -0.39 is 10.0 Å². The lowest BCUT2D eigenvalue weighted by molar-refractivity contribution is 0.409. The second-order valence-electron chi connectivity index (χ2n) is 4.30. The van der Waals surface area contributed by atoms with E-state index in [0.29, 0.717) is 24.4 Å². The fourth-order valence-electron chi connectivity index (χ4n) is 2.06. The van der Waals surface area contributed by atoms with Gasteiger partial charge in [0.05, 0.1) is 12.0 Å². The summed E-state index contributed by atoms with van der Waals surface area (Å²) in [6, 6.07) is 4.80. The van der Waals surface area contributed by atoms with Crippen LogP contribution in [0.25, 0.3) is 0 Å². The lowest BCUT2D eigenvalue weighted by Crippen LogP contribution is -2.33. The summed E-state index contributed by atoms with van der Waals surface area (Å²) in [5.74, 6) is 0.611. The van der Waals surface area contributed by atoms with Gasteiger partial charge in [0.25, 0.3) is 0 Å². The van der Waals surface area contributed by atoms with Crippen molar-refractivity contribution in [3.63, 3.8) is 0 Å². The molecule has 2 N–H and O–H groups in total. The summed E-state index contributed by atoms with van der Waals surface area (Å²) >= 11 is 0. The summed E-state index contributed by atoms with van der Waals surface area (Å²) in [6.07, 6.45) is 4.61. The molecule has 19 heavy (non-hydrogen) atoms. The average molecular weight is 282 g/mol. The van der Waals surface area contributed by atoms with Crippen molar-refractivity contribution >= 4 is 10.0 Å². The number of ether oxygens (including phenoxy) is 1. The Morgan fingerprint density at radius 1 is 1.37 bits per heavy atom. The van der Waals surface area contributed by atoms with Crippen LogP contribution in [0.4, 0.5) is 0 Å². The third kappa shape index (κ3) is 2.80. The number of benzene rings is 1. The monoisotopic (exact) mass is 282 g/mol. The van der Waals surface area contributed by atoms with Crippen molar-refractivity contribution in [1.29, 1.82) is 0 Å². The standard InChI is InChI=1S/C13H18N2O3S/c1-18-13-6-5-12(9-11(13)10-14)19(16,17)15-7-3-2-4-8-15/h2-3,5-6,9H,4,7-8,10,14H2,1H3. The molecule has 1 heterocycles. The first kappa shape index (κ1) is 14.0. The third-order valence-electron chi connectivity index (χ3n) is 3.13. The molecule has 0 aliphatic carbocycles. The van der Waals surface area contributed by atoms with Gasteiger partial charge < -0.3 is 10.5 Å². The number of nitrogens with zero attached hydrogens (tertiary/aromatic N) is 1. The van der Waals surface area contributed by atoms with Crippen LogP contribution >= 0.6 is 0 Å². The van der Waals surface area contributed by atoms with Crippen LogP contribution in [0, 0.1) is 0 Å². The summed E-state index contributed by atoms with van der Waals surface area (Å²) in [5.41, 5.74) is 6.31. The molecule has 0 saturated heterocycles. The van der Waals surface area contributed by atoms with Gasteiger partial charge >= 0.3 is 0 Å². The van der Waals surface area contributed by atoms with Gasteiger partial charge in [-0.2, -0.15) is 4.31 Å². The molecule has 5 nitrogen and oxygen atoms in total. The zero-order valence-corrected chi connectivity index (χ0v) is 11.7. The summed E-state index contributed by atoms with van der Waals surface area (Å²) in [6.45, 7) is 1.18. The first-order chi connectivity index (χ1) is 9.09. The molecule has 0 fully saturated rings. The maximum absolute atomic E-state index is 12.5. The Bertz CT molecular complexity index is 582. The largest absolute Gasteiger partial charge is 0.496 e. The van der Waals surface area contributed by atoms with Crippen LogP contribution in [-0.2, 0) is 16.6 Å². The highest BCUT2D eigenvalue weighted by Gasteiger charge is 2.25. The SMILES string of the molecule is COc1ccc(S(=O)(=O)N2CC=CCC2)cc1CN. The Balaban J connectivity index is 2.37. The van der Waals surface area contributed by atoms with Crippen LogP contribution in [0.3, 0.4) is 0 Å². The Kier molecular flexibility index (Phi) is 4.24. The van der Waals surface area contributed by atoms with Crippen molar-refractivity contribution in [2.75, 3.05) is 20.2 Å². The van der Waals surface area contributed by atoms with Gasteiger partial charge in [-0.05, 0) is 24.6 Å². The molecule has 0 aromatic heterocycles. The minimum atomic E-state index is -3.45. The number of sulfonamides is 1. The first-order valence-corrected chi connectivity index (χ1v) is 7.55. The van der Waals surface area contributed by atoms with Gasteiger partial charge in [0.1, 0.15) is 5.75 Å². The van der Waals surface area contributed by atoms with E-state index in [9.17, 15) is 8.42 Å². The molecule has 0 unspecified atom stereocenters. The highest BCUT2D eigenvalue weighted by Crippen LogP contribution is 2.25. The smallest absolute Gasteiger partial charge is 0.243 e. The molecule has 1 aromatic rings. The Morgan fingerprint density at radius 3 is 2.74 bits per heavy atom. The van der Waals surface area contributed by atoms with Gasteiger partial charge in [-0.3, -0.25) is 0 Å². The van der Waals surface area contributed by atoms with E-state index in [0.717, 1.165) is 6.42 Å². The number of hydrogen-bond donors (Lipinski definition) is 1. The van der Waals surface area contributed by atoms with E-state index >= 15 is 0 Å². The van der Waals surface area contributed by atoms with E-state index in [1.165, 1.54) is 11.4 Å². The topological polar surface area (TPSA) is 72.6 Å². The summed E-state index contributed by atoms with van der Waals surface area (Å²) in [5, 5.41) is 0. The van der Waals surface area contributed by atoms with Gasteiger partial charge in [0, 0.05) is 25.2 Å². The van der Waals surface area contributed by atoms with Crippen LogP contribution in [0.5, 0.6) is 5.75 Å². The first-order valence-electron chi connectivity index (χ1n) is 6.11. The third-order valence-corrected chi connectivity index (χ3v) is 4.99. The number of methoxy groups -OCH3 is 1. The maximum Gasteiger partial charge on any atom is 0.243 e. The summed E-state index contributed by atoms with van der Waals surface area (Å²) in [7, 11) is -1.91. The van der Waals surface area contributed by atoms with E-state index in [-0.39, 0.29) is 11.4 Å². The van der Waals surface area contributed by atoms with Crippen molar-refractivity contribution in [2.45, 2.75) is 17.9 Å². The van der Waals surface area contributed by atoms with Gasteiger partial charge in [0.15, 0.2) is 0 Å². The quantitative estimate of drug-likeness (QED) is 0.840. The number of nitrogens with two attached hydrogens (primary N) is 1. The van der Waals surface area contributed by atoms with Crippen molar-refractivity contribution < 1.29 is 13.2 Å². The lowest BCUT2D eigenvalue weighted by atomic mass is 10.2. The zero-order chi connectivity index (χ0) is 13.9. The van der Waals surface area contributed by atoms with Crippen LogP contribution in [0.15, 0.2) is 35.2 Å². The molecule has 0 saturated carbocycles. The van der Waals surface area contributed by atoms with Gasteiger partial charge in [-0.15, -0.1) is 0 Å². The molecule has 0 atom stereocenters. The molecule has 1 aliphatic heterocycles. The van der Waals surface area contributed by atoms with Crippen LogP contribution < -0.4 is 10.5 Å². The van der Waals surface area contributed by atoms with Crippen LogP contribution in [0.1, 0.15) is 12.0 Å². The van der Waals surface area contributed by atoms with Crippen molar-refractivity contribution in [1.82, 2.24) is 4.31 Å². The molecule has 0 amide bonds. The predicted molar refractivity (Wildman–Crippen MR) is 73.4 cm³/mol. The molecule has 1 aromatic carbocycles. The number of rotatable bonds is 4. The highest BCUT2D eigenvalue weighted by atomic mass is 32.2. The van der Waals surface area contributed by atoms with Gasteiger partial charge in [0.2, 0.25) is 10.0 Å². The predicted octanol–water partition coefficient (Wildman–Crippen LogP) is 1.10. The van der Waals surface area contributed by atoms with Crippen molar-refractivity contribution in [3.8, 4) is 5.75 Å². The van der Waals surface area contributed by atoms with E-state index in [2.05, 4.69) is 0 Å². The Morgan fingerprint density at radius 2 is 2.16 bits per heavy atom. The fraction of sp³-hybridized carbons (Fsp3) is 0.385. The van der Waals surface area contributed by atoms with E-state index in [1.807, 2.05) is 12.2 Å². The van der Waals surface area contributed by atoms with Crippen molar-refractivity contribution in [3.05, 3.63) is 35.9 Å².